The van der Waals surface area contributed by atoms with Gasteiger partial charge in [-0.3, -0.25) is 9.59 Å². The van der Waals surface area contributed by atoms with Gasteiger partial charge in [0.15, 0.2) is 0 Å². The molecule has 0 aliphatic carbocycles. The minimum atomic E-state index is -5.12. The molecule has 0 saturated carbocycles. The predicted octanol–water partition coefficient (Wildman–Crippen LogP) is 4.34. The number of fused-ring (bicyclic) bond motifs is 1. The summed E-state index contributed by atoms with van der Waals surface area (Å²) in [6, 6.07) is 0. The molecule has 2 rings (SSSR count). The van der Waals surface area contributed by atoms with Gasteiger partial charge in [0.2, 0.25) is 0 Å². The Hall–Kier alpha value is -3.10. The number of ether oxygens (including phenoxy) is 2. The lowest BCUT2D eigenvalue weighted by Crippen LogP contribution is -2.31. The second-order valence-corrected chi connectivity index (χ2v) is 7.16. The van der Waals surface area contributed by atoms with Crippen LogP contribution in [0.25, 0.3) is 0 Å². The molecule has 1 aromatic rings. The lowest BCUT2D eigenvalue weighted by atomic mass is 9.87. The number of methoxy groups -OCH3 is 1. The highest BCUT2D eigenvalue weighted by Gasteiger charge is 2.41. The molecular formula is C22H24F3NO5. The first-order valence-corrected chi connectivity index (χ1v) is 9.57. The van der Waals surface area contributed by atoms with Gasteiger partial charge in [-0.05, 0) is 49.8 Å². The fourth-order valence-electron chi connectivity index (χ4n) is 3.41. The van der Waals surface area contributed by atoms with E-state index < -0.39 is 18.1 Å². The van der Waals surface area contributed by atoms with Crippen LogP contribution in [0.1, 0.15) is 52.4 Å². The summed E-state index contributed by atoms with van der Waals surface area (Å²) in [5.74, 6) is -3.34. The van der Waals surface area contributed by atoms with E-state index >= 15 is 0 Å². The summed E-state index contributed by atoms with van der Waals surface area (Å²) in [6.45, 7) is 7.15. The minimum Gasteiger partial charge on any atom is -0.469 e. The number of alkyl halides is 3. The fourth-order valence-corrected chi connectivity index (χ4v) is 3.41. The van der Waals surface area contributed by atoms with Gasteiger partial charge in [0, 0.05) is 12.0 Å². The van der Waals surface area contributed by atoms with Crippen LogP contribution in [0.5, 0.6) is 0 Å². The molecule has 6 nitrogen and oxygen atoms in total. The summed E-state index contributed by atoms with van der Waals surface area (Å²) < 4.78 is 48.5. The molecule has 1 aromatic carbocycles. The third-order valence-electron chi connectivity index (χ3n) is 5.13. The van der Waals surface area contributed by atoms with Gasteiger partial charge in [0.1, 0.15) is 6.61 Å². The van der Waals surface area contributed by atoms with Crippen LogP contribution < -0.4 is 5.32 Å². The second-order valence-electron chi connectivity index (χ2n) is 7.16. The molecule has 0 bridgehead atoms. The number of nitrogens with one attached hydrogen (secondary N) is 1. The highest BCUT2D eigenvalue weighted by atomic mass is 19.4. The number of esters is 2. The van der Waals surface area contributed by atoms with Crippen molar-refractivity contribution in [2.24, 2.45) is 0 Å². The maximum absolute atomic E-state index is 13.0. The molecule has 0 fully saturated rings. The number of benzene rings is 1. The van der Waals surface area contributed by atoms with Gasteiger partial charge in [0.25, 0.3) is 0 Å². The van der Waals surface area contributed by atoms with Gasteiger partial charge in [-0.2, -0.15) is 13.2 Å². The standard InChI is InChI=1S/C22H24F3NO5/c1-5-6-14-13(3)16-11-31-20(28)18(16)19(26-21(29)22(23,24)25)15(14)9-7-12(2)8-10-17(27)30-4/h5,7H,1,6,8-11H2,2-4H3,(H,26,29). The van der Waals surface area contributed by atoms with Crippen molar-refractivity contribution in [3.05, 3.63) is 52.1 Å². The van der Waals surface area contributed by atoms with Crippen LogP contribution in [0.3, 0.4) is 0 Å². The van der Waals surface area contributed by atoms with Gasteiger partial charge in [-0.1, -0.05) is 17.7 Å². The second kappa shape index (κ2) is 9.80. The molecular weight excluding hydrogens is 415 g/mol. The quantitative estimate of drug-likeness (QED) is 0.482. The van der Waals surface area contributed by atoms with Crippen LogP contribution in [0.15, 0.2) is 24.3 Å². The Labute approximate surface area is 178 Å². The van der Waals surface area contributed by atoms with Crippen molar-refractivity contribution in [2.75, 3.05) is 12.4 Å². The average Bonchev–Trinajstić information content (AvgIpc) is 3.09. The Bertz CT molecular complexity index is 948. The van der Waals surface area contributed by atoms with Crippen LogP contribution in [-0.4, -0.2) is 31.1 Å². The van der Waals surface area contributed by atoms with Crippen molar-refractivity contribution in [1.82, 2.24) is 0 Å². The molecule has 0 atom stereocenters. The zero-order valence-electron chi connectivity index (χ0n) is 17.6. The Kier molecular flexibility index (Phi) is 7.65. The number of allylic oxidation sites excluding steroid dienone is 3. The smallest absolute Gasteiger partial charge is 0.469 e. The van der Waals surface area contributed by atoms with E-state index in [0.717, 1.165) is 5.57 Å². The molecule has 1 aliphatic rings. The fraction of sp³-hybridized carbons (Fsp3) is 0.409. The van der Waals surface area contributed by atoms with Crippen molar-refractivity contribution >= 4 is 23.5 Å². The third-order valence-corrected chi connectivity index (χ3v) is 5.13. The SMILES string of the molecule is C=CCc1c(C)c2c(c(NC(=O)C(F)(F)F)c1CC=C(C)CCC(=O)OC)C(=O)OC2. The van der Waals surface area contributed by atoms with Crippen molar-refractivity contribution < 1.29 is 37.0 Å². The van der Waals surface area contributed by atoms with E-state index in [0.29, 0.717) is 35.1 Å². The van der Waals surface area contributed by atoms with Crippen molar-refractivity contribution in [1.29, 1.82) is 0 Å². The molecule has 0 aromatic heterocycles. The lowest BCUT2D eigenvalue weighted by Gasteiger charge is -2.20. The minimum absolute atomic E-state index is 0.0569. The van der Waals surface area contributed by atoms with E-state index in [1.54, 1.807) is 26.0 Å². The molecule has 0 radical (unpaired) electrons. The number of hydrogen-bond donors (Lipinski definition) is 1. The number of halogens is 3. The summed E-state index contributed by atoms with van der Waals surface area (Å²) in [7, 11) is 1.28. The van der Waals surface area contributed by atoms with Crippen LogP contribution in [0.4, 0.5) is 18.9 Å². The molecule has 31 heavy (non-hydrogen) atoms. The number of carbonyl (C=O) groups is 3. The first kappa shape index (κ1) is 24.2. The van der Waals surface area contributed by atoms with E-state index in [1.165, 1.54) is 7.11 Å². The molecule has 1 aliphatic heterocycles. The third kappa shape index (κ3) is 5.53. The normalized spacial score (nSPS) is 13.5. The topological polar surface area (TPSA) is 81.7 Å². The molecule has 1 amide bonds. The highest BCUT2D eigenvalue weighted by molar-refractivity contribution is 6.06. The summed E-state index contributed by atoms with van der Waals surface area (Å²) in [5, 5.41) is 1.89. The van der Waals surface area contributed by atoms with Gasteiger partial charge in [0.05, 0.1) is 18.4 Å². The molecule has 1 N–H and O–H groups in total. The largest absolute Gasteiger partial charge is 0.471 e. The number of amides is 1. The molecule has 9 heteroatoms. The molecule has 1 heterocycles. The number of hydrogen-bond acceptors (Lipinski definition) is 5. The molecule has 0 unspecified atom stereocenters. The predicted molar refractivity (Wildman–Crippen MR) is 108 cm³/mol. The van der Waals surface area contributed by atoms with E-state index in [4.69, 9.17) is 4.74 Å². The van der Waals surface area contributed by atoms with Crippen LogP contribution >= 0.6 is 0 Å². The van der Waals surface area contributed by atoms with Gasteiger partial charge >= 0.3 is 24.0 Å². The first-order chi connectivity index (χ1) is 14.5. The maximum Gasteiger partial charge on any atom is 0.471 e. The summed E-state index contributed by atoms with van der Waals surface area (Å²) in [5.41, 5.74) is 2.77. The number of carbonyl (C=O) groups excluding carboxylic acids is 3. The van der Waals surface area contributed by atoms with E-state index in [1.807, 2.05) is 5.32 Å². The van der Waals surface area contributed by atoms with E-state index in [9.17, 15) is 27.6 Å². The van der Waals surface area contributed by atoms with Crippen molar-refractivity contribution in [3.8, 4) is 0 Å². The van der Waals surface area contributed by atoms with E-state index in [2.05, 4.69) is 11.3 Å². The molecule has 0 spiro atoms. The summed E-state index contributed by atoms with van der Waals surface area (Å²) >= 11 is 0. The Morgan fingerprint density at radius 2 is 1.90 bits per heavy atom. The lowest BCUT2D eigenvalue weighted by molar-refractivity contribution is -0.167. The highest BCUT2D eigenvalue weighted by Crippen LogP contribution is 2.38. The van der Waals surface area contributed by atoms with Gasteiger partial charge < -0.3 is 14.8 Å². The number of rotatable bonds is 8. The Morgan fingerprint density at radius 1 is 1.23 bits per heavy atom. The first-order valence-electron chi connectivity index (χ1n) is 9.57. The Balaban J connectivity index is 2.57. The average molecular weight is 439 g/mol. The van der Waals surface area contributed by atoms with Gasteiger partial charge in [-0.25, -0.2) is 4.79 Å². The van der Waals surface area contributed by atoms with Gasteiger partial charge in [-0.15, -0.1) is 6.58 Å². The van der Waals surface area contributed by atoms with E-state index in [-0.39, 0.29) is 36.7 Å². The molecule has 0 saturated heterocycles. The summed E-state index contributed by atoms with van der Waals surface area (Å²) in [4.78, 5) is 35.4. The maximum atomic E-state index is 13.0. The van der Waals surface area contributed by atoms with Crippen LogP contribution in [-0.2, 0) is 38.5 Å². The summed E-state index contributed by atoms with van der Waals surface area (Å²) in [6.07, 6.45) is -0.745. The van der Waals surface area contributed by atoms with Crippen LogP contribution in [0, 0.1) is 6.92 Å². The number of cyclic esters (lactones) is 1. The monoisotopic (exact) mass is 439 g/mol. The zero-order valence-corrected chi connectivity index (χ0v) is 17.6. The van der Waals surface area contributed by atoms with Crippen molar-refractivity contribution in [3.63, 3.8) is 0 Å². The number of anilines is 1. The van der Waals surface area contributed by atoms with Crippen molar-refractivity contribution in [2.45, 2.75) is 52.3 Å². The molecule has 168 valence electrons. The van der Waals surface area contributed by atoms with Crippen LogP contribution in [0.2, 0.25) is 0 Å². The Morgan fingerprint density at radius 3 is 2.48 bits per heavy atom. The zero-order chi connectivity index (χ0) is 23.3.